The highest BCUT2D eigenvalue weighted by molar-refractivity contribution is 14.1. The smallest absolute Gasteiger partial charge is 0.326 e. The summed E-state index contributed by atoms with van der Waals surface area (Å²) in [5.41, 5.74) is 0.0617. The molecule has 0 aliphatic rings. The molecule has 1 unspecified atom stereocenters. The summed E-state index contributed by atoms with van der Waals surface area (Å²) in [7, 11) is 0. The van der Waals surface area contributed by atoms with Gasteiger partial charge >= 0.3 is 5.97 Å². The van der Waals surface area contributed by atoms with Crippen LogP contribution in [-0.4, -0.2) is 28.1 Å². The summed E-state index contributed by atoms with van der Waals surface area (Å²) in [6.07, 6.45) is 1.53. The lowest BCUT2D eigenvalue weighted by Crippen LogP contribution is -2.40. The molecule has 0 aliphatic heterocycles. The van der Waals surface area contributed by atoms with E-state index < -0.39 is 17.9 Å². The van der Waals surface area contributed by atoms with E-state index in [1.165, 1.54) is 12.1 Å². The van der Waals surface area contributed by atoms with Crippen LogP contribution in [0.25, 0.3) is 0 Å². The lowest BCUT2D eigenvalue weighted by molar-refractivity contribution is -0.139. The predicted molar refractivity (Wildman–Crippen MR) is 87.2 cm³/mol. The third-order valence-electron chi connectivity index (χ3n) is 2.28. The van der Waals surface area contributed by atoms with Crippen LogP contribution >= 0.6 is 45.2 Å². The molecule has 0 bridgehead atoms. The Labute approximate surface area is 137 Å². The molecule has 1 rings (SSSR count). The summed E-state index contributed by atoms with van der Waals surface area (Å²) in [6, 6.07) is 2.16. The molecule has 0 fully saturated rings. The molecule has 1 aromatic carbocycles. The monoisotopic (exact) mass is 487 g/mol. The molecule has 1 amide bonds. The number of phenolic OH excluding ortho intramolecular Hbond substituents is 1. The highest BCUT2D eigenvalue weighted by Crippen LogP contribution is 2.27. The quantitative estimate of drug-likeness (QED) is 0.440. The van der Waals surface area contributed by atoms with Gasteiger partial charge in [0, 0.05) is 3.57 Å². The Morgan fingerprint density at radius 1 is 1.42 bits per heavy atom. The van der Waals surface area contributed by atoms with Crippen molar-refractivity contribution in [3.8, 4) is 5.75 Å². The average Bonchev–Trinajstić information content (AvgIpc) is 2.32. The van der Waals surface area contributed by atoms with Crippen molar-refractivity contribution in [2.24, 2.45) is 0 Å². The third kappa shape index (κ3) is 4.34. The number of hydrogen-bond donors (Lipinski definition) is 3. The Morgan fingerprint density at radius 3 is 2.58 bits per heavy atom. The van der Waals surface area contributed by atoms with Gasteiger partial charge in [0.25, 0.3) is 5.91 Å². The van der Waals surface area contributed by atoms with Crippen LogP contribution in [-0.2, 0) is 4.79 Å². The number of carbonyl (C=O) groups is 2. The van der Waals surface area contributed by atoms with Crippen LogP contribution in [0.5, 0.6) is 5.75 Å². The van der Waals surface area contributed by atoms with E-state index in [0.29, 0.717) is 3.57 Å². The van der Waals surface area contributed by atoms with Crippen LogP contribution in [0.3, 0.4) is 0 Å². The minimum atomic E-state index is -1.15. The summed E-state index contributed by atoms with van der Waals surface area (Å²) < 4.78 is 1.31. The van der Waals surface area contributed by atoms with Crippen LogP contribution < -0.4 is 5.32 Å². The van der Waals surface area contributed by atoms with E-state index in [2.05, 4.69) is 11.9 Å². The number of carboxylic acids is 1. The number of phenols is 1. The first-order chi connectivity index (χ1) is 8.86. The first-order valence-corrected chi connectivity index (χ1v) is 7.35. The van der Waals surface area contributed by atoms with Crippen LogP contribution in [0.15, 0.2) is 24.8 Å². The first kappa shape index (κ1) is 16.2. The lowest BCUT2D eigenvalue weighted by Gasteiger charge is -2.14. The van der Waals surface area contributed by atoms with Gasteiger partial charge in [-0.3, -0.25) is 4.79 Å². The number of benzene rings is 1. The second-order valence-electron chi connectivity index (χ2n) is 3.67. The molecule has 0 saturated heterocycles. The van der Waals surface area contributed by atoms with Gasteiger partial charge in [0.05, 0.1) is 9.13 Å². The zero-order valence-electron chi connectivity index (χ0n) is 9.69. The van der Waals surface area contributed by atoms with E-state index >= 15 is 0 Å². The van der Waals surface area contributed by atoms with Crippen molar-refractivity contribution in [1.29, 1.82) is 0 Å². The SMILES string of the molecule is C=CCC(NC(=O)c1cc(I)cc(I)c1O)C(=O)O. The molecule has 1 aromatic rings. The fourth-order valence-corrected chi connectivity index (χ4v) is 3.21. The number of amides is 1. The molecule has 7 heteroatoms. The Kier molecular flexibility index (Phi) is 6.04. The normalized spacial score (nSPS) is 11.7. The van der Waals surface area contributed by atoms with E-state index in [4.69, 9.17) is 5.11 Å². The molecule has 0 saturated carbocycles. The summed E-state index contributed by atoms with van der Waals surface area (Å²) in [5, 5.41) is 21.1. The zero-order valence-corrected chi connectivity index (χ0v) is 14.0. The minimum absolute atomic E-state index is 0.0617. The summed E-state index contributed by atoms with van der Waals surface area (Å²) in [4.78, 5) is 22.9. The summed E-state index contributed by atoms with van der Waals surface area (Å²) >= 11 is 3.92. The molecule has 0 spiro atoms. The van der Waals surface area contributed by atoms with Gasteiger partial charge < -0.3 is 15.5 Å². The van der Waals surface area contributed by atoms with Gasteiger partial charge in [0.1, 0.15) is 11.8 Å². The molecule has 5 nitrogen and oxygen atoms in total. The van der Waals surface area contributed by atoms with Crippen molar-refractivity contribution in [2.45, 2.75) is 12.5 Å². The molecule has 102 valence electrons. The molecular formula is C12H11I2NO4. The maximum absolute atomic E-state index is 12.0. The highest BCUT2D eigenvalue weighted by Gasteiger charge is 2.22. The Bertz CT molecular complexity index is 531. The van der Waals surface area contributed by atoms with E-state index in [0.717, 1.165) is 3.57 Å². The minimum Gasteiger partial charge on any atom is -0.506 e. The van der Waals surface area contributed by atoms with Crippen LogP contribution in [0.4, 0.5) is 0 Å². The molecule has 0 aliphatic carbocycles. The van der Waals surface area contributed by atoms with Crippen LogP contribution in [0, 0.1) is 7.14 Å². The molecule has 19 heavy (non-hydrogen) atoms. The topological polar surface area (TPSA) is 86.6 Å². The molecule has 0 heterocycles. The van der Waals surface area contributed by atoms with E-state index in [1.807, 2.05) is 45.2 Å². The van der Waals surface area contributed by atoms with Gasteiger partial charge in [0.2, 0.25) is 0 Å². The number of carbonyl (C=O) groups excluding carboxylic acids is 1. The molecule has 1 atom stereocenters. The van der Waals surface area contributed by atoms with Crippen molar-refractivity contribution in [3.05, 3.63) is 37.5 Å². The number of aliphatic carboxylic acids is 1. The van der Waals surface area contributed by atoms with Crippen molar-refractivity contribution < 1.29 is 19.8 Å². The Balaban J connectivity index is 3.00. The standard InChI is InChI=1S/C12H11I2NO4/c1-2-3-9(12(18)19)15-11(17)7-4-6(13)5-8(14)10(7)16/h2,4-5,9,16H,1,3H2,(H,15,17)(H,18,19). The maximum atomic E-state index is 12.0. The van der Waals surface area contributed by atoms with Gasteiger partial charge in [-0.05, 0) is 63.7 Å². The van der Waals surface area contributed by atoms with Crippen molar-refractivity contribution in [1.82, 2.24) is 5.32 Å². The number of carboxylic acid groups (broad SMARTS) is 1. The average molecular weight is 487 g/mol. The number of nitrogens with one attached hydrogen (secondary N) is 1. The fourth-order valence-electron chi connectivity index (χ4n) is 1.36. The second-order valence-corrected chi connectivity index (χ2v) is 6.08. The third-order valence-corrected chi connectivity index (χ3v) is 3.72. The molecule has 3 N–H and O–H groups in total. The van der Waals surface area contributed by atoms with Gasteiger partial charge in [-0.2, -0.15) is 0 Å². The van der Waals surface area contributed by atoms with Crippen LogP contribution in [0.1, 0.15) is 16.8 Å². The van der Waals surface area contributed by atoms with Gasteiger partial charge in [0.15, 0.2) is 0 Å². The Morgan fingerprint density at radius 2 is 2.05 bits per heavy atom. The summed E-state index contributed by atoms with van der Waals surface area (Å²) in [5.74, 6) is -1.92. The van der Waals surface area contributed by atoms with E-state index in [1.54, 1.807) is 6.07 Å². The van der Waals surface area contributed by atoms with Crippen molar-refractivity contribution in [3.63, 3.8) is 0 Å². The first-order valence-electron chi connectivity index (χ1n) is 5.19. The van der Waals surface area contributed by atoms with Crippen LogP contribution in [0.2, 0.25) is 0 Å². The molecule has 0 aromatic heterocycles. The summed E-state index contributed by atoms with van der Waals surface area (Å²) in [6.45, 7) is 3.44. The van der Waals surface area contributed by atoms with Gasteiger partial charge in [-0.15, -0.1) is 6.58 Å². The second kappa shape index (κ2) is 7.08. The lowest BCUT2D eigenvalue weighted by atomic mass is 10.1. The van der Waals surface area contributed by atoms with Gasteiger partial charge in [-0.1, -0.05) is 6.08 Å². The highest BCUT2D eigenvalue weighted by atomic mass is 127. The number of hydrogen-bond acceptors (Lipinski definition) is 3. The fraction of sp³-hybridized carbons (Fsp3) is 0.167. The largest absolute Gasteiger partial charge is 0.506 e. The van der Waals surface area contributed by atoms with E-state index in [9.17, 15) is 14.7 Å². The van der Waals surface area contributed by atoms with Crippen molar-refractivity contribution in [2.75, 3.05) is 0 Å². The number of halogens is 2. The number of rotatable bonds is 5. The Hall–Kier alpha value is -0.840. The molecular weight excluding hydrogens is 476 g/mol. The molecule has 0 radical (unpaired) electrons. The predicted octanol–water partition coefficient (Wildman–Crippen LogP) is 2.36. The van der Waals surface area contributed by atoms with Gasteiger partial charge in [-0.25, -0.2) is 4.79 Å². The zero-order chi connectivity index (χ0) is 14.6. The maximum Gasteiger partial charge on any atom is 0.326 e. The van der Waals surface area contributed by atoms with E-state index in [-0.39, 0.29) is 17.7 Å². The number of aromatic hydroxyl groups is 1. The van der Waals surface area contributed by atoms with Crippen molar-refractivity contribution >= 4 is 57.1 Å².